The van der Waals surface area contributed by atoms with E-state index in [-0.39, 0.29) is 29.4 Å². The van der Waals surface area contributed by atoms with Crippen LogP contribution in [0.15, 0.2) is 35.9 Å². The van der Waals surface area contributed by atoms with Crippen LogP contribution in [0.2, 0.25) is 0 Å². The summed E-state index contributed by atoms with van der Waals surface area (Å²) in [6.45, 7) is 7.29. The predicted octanol–water partition coefficient (Wildman–Crippen LogP) is 3.51. The van der Waals surface area contributed by atoms with Crippen molar-refractivity contribution in [2.75, 3.05) is 20.2 Å². The fourth-order valence-electron chi connectivity index (χ4n) is 3.39. The summed E-state index contributed by atoms with van der Waals surface area (Å²) in [6, 6.07) is 10.6. The van der Waals surface area contributed by atoms with E-state index in [0.717, 1.165) is 12.8 Å². The molecule has 0 N–H and O–H groups in total. The van der Waals surface area contributed by atoms with E-state index >= 15 is 0 Å². The third-order valence-electron chi connectivity index (χ3n) is 4.72. The van der Waals surface area contributed by atoms with Crippen LogP contribution in [0.25, 0.3) is 0 Å². The van der Waals surface area contributed by atoms with Crippen LogP contribution in [-0.2, 0) is 16.0 Å². The molecular formula is C21H28N2O2. The molecule has 1 aromatic rings. The summed E-state index contributed by atoms with van der Waals surface area (Å²) in [5.74, 6) is 0.266. The molecule has 1 aliphatic rings. The van der Waals surface area contributed by atoms with Crippen molar-refractivity contribution in [3.05, 3.63) is 47.0 Å². The van der Waals surface area contributed by atoms with Gasteiger partial charge in [0.05, 0.1) is 6.10 Å². The van der Waals surface area contributed by atoms with Gasteiger partial charge in [-0.2, -0.15) is 5.26 Å². The van der Waals surface area contributed by atoms with Crippen LogP contribution < -0.4 is 0 Å². The first kappa shape index (κ1) is 19.2. The van der Waals surface area contributed by atoms with Crippen molar-refractivity contribution in [2.24, 2.45) is 11.8 Å². The highest BCUT2D eigenvalue weighted by molar-refractivity contribution is 5.97. The van der Waals surface area contributed by atoms with E-state index in [9.17, 15) is 10.1 Å². The molecule has 1 fully saturated rings. The Balaban J connectivity index is 2.12. The molecule has 0 aliphatic carbocycles. The molecule has 4 nitrogen and oxygen atoms in total. The number of aryl methyl sites for hydroxylation is 1. The van der Waals surface area contributed by atoms with Gasteiger partial charge in [-0.25, -0.2) is 0 Å². The maximum absolute atomic E-state index is 12.7. The normalized spacial score (nSPS) is 21.3. The Kier molecular flexibility index (Phi) is 6.78. The number of piperidine rings is 1. The Morgan fingerprint density at radius 1 is 1.40 bits per heavy atom. The predicted molar refractivity (Wildman–Crippen MR) is 98.9 cm³/mol. The SMILES string of the molecule is CO[C@H]1CCN(C(=O)C(C#N)=CC(C)C)C[C@H]1Cc1ccc(C)cc1. The first-order chi connectivity index (χ1) is 11.9. The van der Waals surface area contributed by atoms with Gasteiger partial charge in [0.25, 0.3) is 5.91 Å². The summed E-state index contributed by atoms with van der Waals surface area (Å²) in [6.07, 6.45) is 3.57. The number of likely N-dealkylation sites (tertiary alicyclic amines) is 1. The molecule has 0 unspecified atom stereocenters. The van der Waals surface area contributed by atoms with Crippen molar-refractivity contribution in [3.8, 4) is 6.07 Å². The molecule has 0 aromatic heterocycles. The summed E-state index contributed by atoms with van der Waals surface area (Å²) >= 11 is 0. The van der Waals surface area contributed by atoms with E-state index in [4.69, 9.17) is 4.74 Å². The smallest absolute Gasteiger partial charge is 0.264 e. The zero-order valence-corrected chi connectivity index (χ0v) is 15.7. The van der Waals surface area contributed by atoms with Crippen molar-refractivity contribution in [2.45, 2.75) is 39.7 Å². The van der Waals surface area contributed by atoms with Gasteiger partial charge >= 0.3 is 0 Å². The number of benzene rings is 1. The van der Waals surface area contributed by atoms with Gasteiger partial charge < -0.3 is 9.64 Å². The summed E-state index contributed by atoms with van der Waals surface area (Å²) in [5.41, 5.74) is 2.75. The third kappa shape index (κ3) is 5.17. The van der Waals surface area contributed by atoms with Gasteiger partial charge in [0.2, 0.25) is 0 Å². The first-order valence-corrected chi connectivity index (χ1v) is 8.94. The number of methoxy groups -OCH3 is 1. The van der Waals surface area contributed by atoms with Gasteiger partial charge in [-0.05, 0) is 31.2 Å². The van der Waals surface area contributed by atoms with Gasteiger partial charge in [-0.15, -0.1) is 0 Å². The number of hydrogen-bond donors (Lipinski definition) is 0. The molecule has 134 valence electrons. The summed E-state index contributed by atoms with van der Waals surface area (Å²) < 4.78 is 5.66. The second-order valence-electron chi connectivity index (χ2n) is 7.20. The van der Waals surface area contributed by atoms with Crippen LogP contribution in [0.3, 0.4) is 0 Å². The quantitative estimate of drug-likeness (QED) is 0.609. The van der Waals surface area contributed by atoms with Gasteiger partial charge in [-0.1, -0.05) is 49.8 Å². The molecule has 4 heteroatoms. The van der Waals surface area contributed by atoms with E-state index in [1.54, 1.807) is 13.2 Å². The second-order valence-corrected chi connectivity index (χ2v) is 7.20. The lowest BCUT2D eigenvalue weighted by molar-refractivity contribution is -0.131. The number of hydrogen-bond acceptors (Lipinski definition) is 3. The molecule has 0 bridgehead atoms. The van der Waals surface area contributed by atoms with Crippen LogP contribution in [0.1, 0.15) is 31.4 Å². The highest BCUT2D eigenvalue weighted by Gasteiger charge is 2.32. The minimum Gasteiger partial charge on any atom is -0.381 e. The van der Waals surface area contributed by atoms with E-state index in [1.165, 1.54) is 11.1 Å². The third-order valence-corrected chi connectivity index (χ3v) is 4.72. The number of rotatable bonds is 5. The maximum atomic E-state index is 12.7. The molecule has 1 heterocycles. The number of nitrogens with zero attached hydrogens (tertiary/aromatic N) is 2. The average Bonchev–Trinajstić information content (AvgIpc) is 2.60. The fraction of sp³-hybridized carbons (Fsp3) is 0.524. The van der Waals surface area contributed by atoms with Crippen molar-refractivity contribution < 1.29 is 9.53 Å². The van der Waals surface area contributed by atoms with E-state index in [2.05, 4.69) is 37.3 Å². The van der Waals surface area contributed by atoms with Gasteiger partial charge in [0.1, 0.15) is 11.6 Å². The molecule has 2 rings (SSSR count). The Bertz CT molecular complexity index is 655. The van der Waals surface area contributed by atoms with E-state index in [0.29, 0.717) is 13.1 Å². The molecule has 1 amide bonds. The summed E-state index contributed by atoms with van der Waals surface area (Å²) in [4.78, 5) is 14.5. The molecule has 1 aromatic carbocycles. The number of carbonyl (C=O) groups excluding carboxylic acids is 1. The molecule has 0 spiro atoms. The van der Waals surface area contributed by atoms with Crippen molar-refractivity contribution >= 4 is 5.91 Å². The largest absolute Gasteiger partial charge is 0.381 e. The maximum Gasteiger partial charge on any atom is 0.264 e. The monoisotopic (exact) mass is 340 g/mol. The lowest BCUT2D eigenvalue weighted by atomic mass is 9.88. The average molecular weight is 340 g/mol. The van der Waals surface area contributed by atoms with Gasteiger partial charge in [0.15, 0.2) is 0 Å². The molecule has 25 heavy (non-hydrogen) atoms. The van der Waals surface area contributed by atoms with Crippen molar-refractivity contribution in [1.29, 1.82) is 5.26 Å². The fourth-order valence-corrected chi connectivity index (χ4v) is 3.39. The zero-order chi connectivity index (χ0) is 18.4. The summed E-state index contributed by atoms with van der Waals surface area (Å²) in [5, 5.41) is 9.31. The number of nitriles is 1. The minimum atomic E-state index is -0.153. The minimum absolute atomic E-state index is 0.143. The Labute approximate surface area is 151 Å². The van der Waals surface area contributed by atoms with E-state index in [1.807, 2.05) is 18.7 Å². The number of ether oxygens (including phenoxy) is 1. The molecule has 1 aliphatic heterocycles. The van der Waals surface area contributed by atoms with Crippen LogP contribution in [0, 0.1) is 30.1 Å². The Hall–Kier alpha value is -2.12. The standard InChI is InChI=1S/C21H28N2O2/c1-15(2)11-18(13-22)21(24)23-10-9-20(25-4)19(14-23)12-17-7-5-16(3)6-8-17/h5-8,11,15,19-20H,9-10,12,14H2,1-4H3/t19-,20+/m1/s1. The highest BCUT2D eigenvalue weighted by atomic mass is 16.5. The Morgan fingerprint density at radius 3 is 2.64 bits per heavy atom. The van der Waals surface area contributed by atoms with Crippen LogP contribution >= 0.6 is 0 Å². The summed E-state index contributed by atoms with van der Waals surface area (Å²) in [7, 11) is 1.74. The van der Waals surface area contributed by atoms with Crippen LogP contribution in [-0.4, -0.2) is 37.1 Å². The van der Waals surface area contributed by atoms with Crippen molar-refractivity contribution in [1.82, 2.24) is 4.90 Å². The zero-order valence-electron chi connectivity index (χ0n) is 15.7. The van der Waals surface area contributed by atoms with Gasteiger partial charge in [0, 0.05) is 26.1 Å². The number of amides is 1. The molecule has 2 atom stereocenters. The van der Waals surface area contributed by atoms with Crippen LogP contribution in [0.4, 0.5) is 0 Å². The number of carbonyl (C=O) groups is 1. The molecule has 0 radical (unpaired) electrons. The van der Waals surface area contributed by atoms with Gasteiger partial charge in [-0.3, -0.25) is 4.79 Å². The molecular weight excluding hydrogens is 312 g/mol. The molecule has 1 saturated heterocycles. The second kappa shape index (κ2) is 8.82. The van der Waals surface area contributed by atoms with E-state index < -0.39 is 0 Å². The van der Waals surface area contributed by atoms with Crippen LogP contribution in [0.5, 0.6) is 0 Å². The first-order valence-electron chi connectivity index (χ1n) is 8.94. The molecule has 0 saturated carbocycles. The Morgan fingerprint density at radius 2 is 2.08 bits per heavy atom. The highest BCUT2D eigenvalue weighted by Crippen LogP contribution is 2.25. The lowest BCUT2D eigenvalue weighted by Gasteiger charge is -2.38. The lowest BCUT2D eigenvalue weighted by Crippen LogP contribution is -2.47. The topological polar surface area (TPSA) is 53.3 Å². The number of allylic oxidation sites excluding steroid dienone is 1. The van der Waals surface area contributed by atoms with Crippen molar-refractivity contribution in [3.63, 3.8) is 0 Å².